The lowest BCUT2D eigenvalue weighted by Gasteiger charge is -2.16. The van der Waals surface area contributed by atoms with Crippen molar-refractivity contribution in [2.75, 3.05) is 20.2 Å². The molecule has 1 aromatic rings. The van der Waals surface area contributed by atoms with E-state index >= 15 is 0 Å². The molecule has 1 aliphatic heterocycles. The number of hydrogen-bond donors (Lipinski definition) is 0. The molecule has 0 saturated carbocycles. The molecule has 0 aromatic carbocycles. The van der Waals surface area contributed by atoms with Crippen LogP contribution in [0.3, 0.4) is 0 Å². The van der Waals surface area contributed by atoms with Gasteiger partial charge in [-0.05, 0) is 12.0 Å². The molecule has 0 bridgehead atoms. The van der Waals surface area contributed by atoms with Crippen LogP contribution < -0.4 is 5.56 Å². The summed E-state index contributed by atoms with van der Waals surface area (Å²) in [6.45, 7) is 3.25. The van der Waals surface area contributed by atoms with E-state index in [0.29, 0.717) is 19.6 Å². The van der Waals surface area contributed by atoms with Crippen molar-refractivity contribution >= 4 is 11.9 Å². The van der Waals surface area contributed by atoms with Gasteiger partial charge in [-0.2, -0.15) is 0 Å². The van der Waals surface area contributed by atoms with Gasteiger partial charge < -0.3 is 14.2 Å². The van der Waals surface area contributed by atoms with Crippen molar-refractivity contribution in [3.8, 4) is 0 Å². The number of likely N-dealkylation sites (tertiary alicyclic amines) is 1. The third kappa shape index (κ3) is 3.51. The van der Waals surface area contributed by atoms with E-state index in [2.05, 4.69) is 0 Å². The fraction of sp³-hybridized carbons (Fsp3) is 0.533. The molecule has 2 unspecified atom stereocenters. The van der Waals surface area contributed by atoms with E-state index < -0.39 is 0 Å². The second-order valence-electron chi connectivity index (χ2n) is 5.39. The quantitative estimate of drug-likeness (QED) is 0.758. The lowest BCUT2D eigenvalue weighted by Crippen LogP contribution is -2.31. The number of amides is 1. The summed E-state index contributed by atoms with van der Waals surface area (Å²) in [5.41, 5.74) is -0.118. The molecule has 0 N–H and O–H groups in total. The van der Waals surface area contributed by atoms with E-state index in [1.165, 1.54) is 17.7 Å². The Balaban J connectivity index is 1.92. The topological polar surface area (TPSA) is 68.6 Å². The lowest BCUT2D eigenvalue weighted by atomic mass is 9.99. The van der Waals surface area contributed by atoms with Crippen molar-refractivity contribution in [3.05, 3.63) is 34.7 Å². The Hall–Kier alpha value is -2.11. The zero-order valence-corrected chi connectivity index (χ0v) is 12.3. The number of carbonyl (C=O) groups is 2. The first-order valence-electron chi connectivity index (χ1n) is 7.04. The molecule has 21 heavy (non-hydrogen) atoms. The minimum absolute atomic E-state index is 0.0380. The fourth-order valence-electron chi connectivity index (χ4n) is 2.65. The van der Waals surface area contributed by atoms with E-state index in [1.54, 1.807) is 23.2 Å². The standard InChI is InChI=1S/C15H20N2O4/c1-11-9-17(10-12(11)15(20)21-2)14(19)6-8-16-7-4-3-5-13(16)18/h3-5,7,11-12H,6,8-10H2,1-2H3. The number of methoxy groups -OCH3 is 1. The van der Waals surface area contributed by atoms with Crippen LogP contribution in [0.4, 0.5) is 0 Å². The normalized spacial score (nSPS) is 21.3. The maximum absolute atomic E-state index is 12.2. The van der Waals surface area contributed by atoms with Crippen LogP contribution >= 0.6 is 0 Å². The summed E-state index contributed by atoms with van der Waals surface area (Å²) in [5.74, 6) is -0.458. The highest BCUT2D eigenvalue weighted by Crippen LogP contribution is 2.24. The number of nitrogens with zero attached hydrogens (tertiary/aromatic N) is 2. The predicted molar refractivity (Wildman–Crippen MR) is 76.6 cm³/mol. The summed E-state index contributed by atoms with van der Waals surface area (Å²) in [6, 6.07) is 4.90. The van der Waals surface area contributed by atoms with Crippen LogP contribution in [0.2, 0.25) is 0 Å². The Bertz CT molecular complexity index is 581. The minimum Gasteiger partial charge on any atom is -0.469 e. The van der Waals surface area contributed by atoms with Crippen LogP contribution in [0, 0.1) is 11.8 Å². The van der Waals surface area contributed by atoms with Crippen molar-refractivity contribution in [3.63, 3.8) is 0 Å². The summed E-state index contributed by atoms with van der Waals surface area (Å²) in [7, 11) is 1.36. The van der Waals surface area contributed by atoms with Crippen LogP contribution in [-0.2, 0) is 20.9 Å². The van der Waals surface area contributed by atoms with Gasteiger partial charge in [0.15, 0.2) is 0 Å². The molecule has 6 nitrogen and oxygen atoms in total. The van der Waals surface area contributed by atoms with E-state index in [4.69, 9.17) is 4.74 Å². The first kappa shape index (κ1) is 15.3. The van der Waals surface area contributed by atoms with Gasteiger partial charge >= 0.3 is 5.97 Å². The summed E-state index contributed by atoms with van der Waals surface area (Å²) in [5, 5.41) is 0. The van der Waals surface area contributed by atoms with Gasteiger partial charge in [0, 0.05) is 38.3 Å². The van der Waals surface area contributed by atoms with Gasteiger partial charge in [0.05, 0.1) is 13.0 Å². The lowest BCUT2D eigenvalue weighted by molar-refractivity contribution is -0.146. The smallest absolute Gasteiger partial charge is 0.310 e. The second-order valence-corrected chi connectivity index (χ2v) is 5.39. The molecule has 6 heteroatoms. The third-order valence-electron chi connectivity index (χ3n) is 3.93. The fourth-order valence-corrected chi connectivity index (χ4v) is 2.65. The number of aromatic nitrogens is 1. The Kier molecular flexibility index (Phi) is 4.77. The predicted octanol–water partition coefficient (Wildman–Crippen LogP) is 0.506. The molecule has 1 saturated heterocycles. The maximum atomic E-state index is 12.2. The maximum Gasteiger partial charge on any atom is 0.310 e. The zero-order valence-electron chi connectivity index (χ0n) is 12.3. The number of esters is 1. The van der Waals surface area contributed by atoms with Gasteiger partial charge in [0.25, 0.3) is 5.56 Å². The molecule has 114 valence electrons. The summed E-state index contributed by atoms with van der Waals surface area (Å²) in [4.78, 5) is 37.0. The summed E-state index contributed by atoms with van der Waals surface area (Å²) < 4.78 is 6.26. The molecule has 1 amide bonds. The Labute approximate surface area is 123 Å². The number of hydrogen-bond acceptors (Lipinski definition) is 4. The van der Waals surface area contributed by atoms with E-state index in [9.17, 15) is 14.4 Å². The van der Waals surface area contributed by atoms with Crippen LogP contribution in [0.1, 0.15) is 13.3 Å². The highest BCUT2D eigenvalue weighted by atomic mass is 16.5. The average Bonchev–Trinajstić information content (AvgIpc) is 2.87. The first-order valence-corrected chi connectivity index (χ1v) is 7.04. The first-order chi connectivity index (χ1) is 10.0. The monoisotopic (exact) mass is 292 g/mol. The second kappa shape index (κ2) is 6.56. The Morgan fingerprint density at radius 3 is 2.76 bits per heavy atom. The van der Waals surface area contributed by atoms with Crippen molar-refractivity contribution in [2.45, 2.75) is 19.9 Å². The number of rotatable bonds is 4. The van der Waals surface area contributed by atoms with Crippen molar-refractivity contribution in [1.29, 1.82) is 0 Å². The number of carbonyl (C=O) groups excluding carboxylic acids is 2. The van der Waals surface area contributed by atoms with Crippen molar-refractivity contribution < 1.29 is 14.3 Å². The SMILES string of the molecule is COC(=O)C1CN(C(=O)CCn2ccccc2=O)CC1C. The van der Waals surface area contributed by atoms with Crippen LogP contribution in [0.15, 0.2) is 29.2 Å². The molecule has 1 aromatic heterocycles. The minimum atomic E-state index is -0.267. The van der Waals surface area contributed by atoms with Crippen LogP contribution in [0.5, 0.6) is 0 Å². The van der Waals surface area contributed by atoms with E-state index in [-0.39, 0.29) is 35.7 Å². The molecular weight excluding hydrogens is 272 g/mol. The van der Waals surface area contributed by atoms with Gasteiger partial charge in [-0.1, -0.05) is 13.0 Å². The van der Waals surface area contributed by atoms with Gasteiger partial charge in [0.2, 0.25) is 5.91 Å². The molecule has 2 atom stereocenters. The van der Waals surface area contributed by atoms with Crippen LogP contribution in [-0.4, -0.2) is 41.5 Å². The summed E-state index contributed by atoms with van der Waals surface area (Å²) in [6.07, 6.45) is 1.92. The van der Waals surface area contributed by atoms with Crippen molar-refractivity contribution in [1.82, 2.24) is 9.47 Å². The van der Waals surface area contributed by atoms with E-state index in [1.807, 2.05) is 6.92 Å². The third-order valence-corrected chi connectivity index (χ3v) is 3.93. The molecule has 0 spiro atoms. The van der Waals surface area contributed by atoms with Gasteiger partial charge in [0.1, 0.15) is 0 Å². The highest BCUT2D eigenvalue weighted by molar-refractivity contribution is 5.79. The Morgan fingerprint density at radius 1 is 1.33 bits per heavy atom. The van der Waals surface area contributed by atoms with E-state index in [0.717, 1.165) is 0 Å². The average molecular weight is 292 g/mol. The molecule has 0 aliphatic carbocycles. The molecule has 1 aliphatic rings. The largest absolute Gasteiger partial charge is 0.469 e. The van der Waals surface area contributed by atoms with Gasteiger partial charge in [-0.25, -0.2) is 0 Å². The van der Waals surface area contributed by atoms with Crippen LogP contribution in [0.25, 0.3) is 0 Å². The molecule has 0 radical (unpaired) electrons. The highest BCUT2D eigenvalue weighted by Gasteiger charge is 2.37. The number of ether oxygens (including phenoxy) is 1. The number of pyridine rings is 1. The van der Waals surface area contributed by atoms with Gasteiger partial charge in [-0.3, -0.25) is 14.4 Å². The molecular formula is C15H20N2O4. The zero-order chi connectivity index (χ0) is 15.4. The molecule has 2 heterocycles. The van der Waals surface area contributed by atoms with Crippen molar-refractivity contribution in [2.24, 2.45) is 11.8 Å². The summed E-state index contributed by atoms with van der Waals surface area (Å²) >= 11 is 0. The Morgan fingerprint density at radius 2 is 2.10 bits per heavy atom. The molecule has 2 rings (SSSR count). The van der Waals surface area contributed by atoms with Gasteiger partial charge in [-0.15, -0.1) is 0 Å². The molecule has 1 fully saturated rings. The number of aryl methyl sites for hydroxylation is 1.